The summed E-state index contributed by atoms with van der Waals surface area (Å²) in [6, 6.07) is 6.09. The van der Waals surface area contributed by atoms with Gasteiger partial charge in [0.25, 0.3) is 0 Å². The van der Waals surface area contributed by atoms with Gasteiger partial charge in [0, 0.05) is 29.9 Å². The van der Waals surface area contributed by atoms with Crippen LogP contribution in [0.5, 0.6) is 0 Å². The SMILES string of the molecule is Cn1ncnc1CN1CCSc2ccc(N)cc21. The maximum Gasteiger partial charge on any atom is 0.146 e. The molecule has 5 nitrogen and oxygen atoms in total. The molecule has 0 atom stereocenters. The largest absolute Gasteiger partial charge is 0.399 e. The van der Waals surface area contributed by atoms with Crippen LogP contribution < -0.4 is 10.6 Å². The van der Waals surface area contributed by atoms with Gasteiger partial charge in [-0.15, -0.1) is 11.8 Å². The minimum Gasteiger partial charge on any atom is -0.399 e. The lowest BCUT2D eigenvalue weighted by Crippen LogP contribution is -2.30. The molecule has 0 saturated carbocycles. The number of benzene rings is 1. The van der Waals surface area contributed by atoms with E-state index in [1.807, 2.05) is 35.6 Å². The van der Waals surface area contributed by atoms with E-state index in [1.165, 1.54) is 10.6 Å². The second-order valence-electron chi connectivity index (χ2n) is 4.30. The fourth-order valence-electron chi connectivity index (χ4n) is 2.09. The van der Waals surface area contributed by atoms with Crippen molar-refractivity contribution in [2.75, 3.05) is 22.9 Å². The second kappa shape index (κ2) is 4.53. The van der Waals surface area contributed by atoms with Gasteiger partial charge < -0.3 is 10.6 Å². The highest BCUT2D eigenvalue weighted by atomic mass is 32.2. The van der Waals surface area contributed by atoms with Crippen molar-refractivity contribution in [3.63, 3.8) is 0 Å². The third-order valence-electron chi connectivity index (χ3n) is 3.08. The van der Waals surface area contributed by atoms with E-state index < -0.39 is 0 Å². The van der Waals surface area contributed by atoms with E-state index in [1.54, 1.807) is 6.33 Å². The van der Waals surface area contributed by atoms with Crippen LogP contribution in [-0.4, -0.2) is 27.1 Å². The predicted molar refractivity (Wildman–Crippen MR) is 73.6 cm³/mol. The van der Waals surface area contributed by atoms with Crippen LogP contribution in [-0.2, 0) is 13.6 Å². The molecule has 3 rings (SSSR count). The topological polar surface area (TPSA) is 60.0 Å². The number of thioether (sulfide) groups is 1. The Balaban J connectivity index is 1.91. The molecule has 2 aromatic rings. The summed E-state index contributed by atoms with van der Waals surface area (Å²) in [7, 11) is 1.92. The van der Waals surface area contributed by atoms with Crippen molar-refractivity contribution >= 4 is 23.1 Å². The lowest BCUT2D eigenvalue weighted by Gasteiger charge is -2.30. The first kappa shape index (κ1) is 11.4. The molecule has 1 aromatic carbocycles. The zero-order valence-electron chi connectivity index (χ0n) is 10.2. The number of rotatable bonds is 2. The molecule has 2 N–H and O–H groups in total. The summed E-state index contributed by atoms with van der Waals surface area (Å²) in [6.07, 6.45) is 1.59. The normalized spacial score (nSPS) is 14.6. The monoisotopic (exact) mass is 261 g/mol. The Morgan fingerprint density at radius 1 is 1.44 bits per heavy atom. The maximum absolute atomic E-state index is 5.88. The smallest absolute Gasteiger partial charge is 0.146 e. The zero-order chi connectivity index (χ0) is 12.5. The molecule has 0 bridgehead atoms. The summed E-state index contributed by atoms with van der Waals surface area (Å²) in [4.78, 5) is 7.88. The molecule has 0 aliphatic carbocycles. The van der Waals surface area contributed by atoms with Gasteiger partial charge in [-0.2, -0.15) is 5.10 Å². The molecule has 1 aliphatic heterocycles. The molecule has 2 heterocycles. The third-order valence-corrected chi connectivity index (χ3v) is 4.12. The van der Waals surface area contributed by atoms with Gasteiger partial charge in [-0.05, 0) is 18.2 Å². The van der Waals surface area contributed by atoms with Gasteiger partial charge in [0.2, 0.25) is 0 Å². The molecule has 94 valence electrons. The van der Waals surface area contributed by atoms with Gasteiger partial charge in [0.05, 0.1) is 12.2 Å². The van der Waals surface area contributed by atoms with Crippen LogP contribution in [0.15, 0.2) is 29.4 Å². The summed E-state index contributed by atoms with van der Waals surface area (Å²) in [5.74, 6) is 2.06. The molecular formula is C12H15N5S. The molecule has 0 unspecified atom stereocenters. The minimum absolute atomic E-state index is 0.771. The van der Waals surface area contributed by atoms with Gasteiger partial charge in [0.15, 0.2) is 0 Å². The van der Waals surface area contributed by atoms with E-state index in [9.17, 15) is 0 Å². The highest BCUT2D eigenvalue weighted by molar-refractivity contribution is 7.99. The fraction of sp³-hybridized carbons (Fsp3) is 0.333. The van der Waals surface area contributed by atoms with Crippen LogP contribution in [0.25, 0.3) is 0 Å². The van der Waals surface area contributed by atoms with E-state index in [0.717, 1.165) is 30.4 Å². The van der Waals surface area contributed by atoms with Gasteiger partial charge in [-0.1, -0.05) is 0 Å². The molecule has 0 spiro atoms. The Kier molecular flexibility index (Phi) is 2.87. The van der Waals surface area contributed by atoms with Gasteiger partial charge in [-0.3, -0.25) is 4.68 Å². The Morgan fingerprint density at radius 3 is 3.11 bits per heavy atom. The predicted octanol–water partition coefficient (Wildman–Crippen LogP) is 1.51. The van der Waals surface area contributed by atoms with Crippen molar-refractivity contribution in [1.29, 1.82) is 0 Å². The molecule has 0 radical (unpaired) electrons. The molecule has 6 heteroatoms. The number of fused-ring (bicyclic) bond motifs is 1. The molecule has 0 saturated heterocycles. The van der Waals surface area contributed by atoms with E-state index in [-0.39, 0.29) is 0 Å². The Hall–Kier alpha value is -1.69. The number of hydrogen-bond acceptors (Lipinski definition) is 5. The standard InChI is InChI=1S/C12H15N5S/c1-16-12(14-8-15-16)7-17-4-5-18-11-3-2-9(13)6-10(11)17/h2-3,6,8H,4-5,7,13H2,1H3. The van der Waals surface area contributed by atoms with E-state index in [4.69, 9.17) is 5.73 Å². The number of nitrogens with zero attached hydrogens (tertiary/aromatic N) is 4. The van der Waals surface area contributed by atoms with Gasteiger partial charge in [0.1, 0.15) is 12.2 Å². The maximum atomic E-state index is 5.88. The van der Waals surface area contributed by atoms with Crippen LogP contribution in [0.3, 0.4) is 0 Å². The quantitative estimate of drug-likeness (QED) is 0.830. The molecular weight excluding hydrogens is 246 g/mol. The van der Waals surface area contributed by atoms with Crippen molar-refractivity contribution < 1.29 is 0 Å². The Labute approximate surface area is 110 Å². The van der Waals surface area contributed by atoms with Crippen LogP contribution in [0, 0.1) is 0 Å². The van der Waals surface area contributed by atoms with E-state index in [2.05, 4.69) is 21.0 Å². The highest BCUT2D eigenvalue weighted by Crippen LogP contribution is 2.36. The number of aromatic nitrogens is 3. The first-order valence-electron chi connectivity index (χ1n) is 5.84. The summed E-state index contributed by atoms with van der Waals surface area (Å²) in [5.41, 5.74) is 7.89. The van der Waals surface area contributed by atoms with Crippen LogP contribution in [0.2, 0.25) is 0 Å². The van der Waals surface area contributed by atoms with E-state index >= 15 is 0 Å². The zero-order valence-corrected chi connectivity index (χ0v) is 11.0. The van der Waals surface area contributed by atoms with Crippen molar-refractivity contribution in [3.05, 3.63) is 30.4 Å². The summed E-state index contributed by atoms with van der Waals surface area (Å²) in [6.45, 7) is 1.78. The summed E-state index contributed by atoms with van der Waals surface area (Å²) < 4.78 is 1.81. The van der Waals surface area contributed by atoms with Crippen molar-refractivity contribution in [3.8, 4) is 0 Å². The van der Waals surface area contributed by atoms with Crippen molar-refractivity contribution in [1.82, 2.24) is 14.8 Å². The van der Waals surface area contributed by atoms with Crippen molar-refractivity contribution in [2.24, 2.45) is 7.05 Å². The Bertz CT molecular complexity index is 565. The molecule has 1 aromatic heterocycles. The number of nitrogens with two attached hydrogens (primary N) is 1. The number of anilines is 2. The fourth-order valence-corrected chi connectivity index (χ4v) is 3.12. The highest BCUT2D eigenvalue weighted by Gasteiger charge is 2.19. The Morgan fingerprint density at radius 2 is 2.33 bits per heavy atom. The molecule has 0 amide bonds. The summed E-state index contributed by atoms with van der Waals surface area (Å²) >= 11 is 1.88. The first-order valence-corrected chi connectivity index (χ1v) is 6.83. The van der Waals surface area contributed by atoms with Gasteiger partial charge in [-0.25, -0.2) is 4.98 Å². The van der Waals surface area contributed by atoms with E-state index in [0.29, 0.717) is 0 Å². The van der Waals surface area contributed by atoms with Crippen LogP contribution in [0.1, 0.15) is 5.82 Å². The average Bonchev–Trinajstić information content (AvgIpc) is 2.76. The van der Waals surface area contributed by atoms with Gasteiger partial charge >= 0.3 is 0 Å². The lowest BCUT2D eigenvalue weighted by molar-refractivity contribution is 0.672. The average molecular weight is 261 g/mol. The first-order chi connectivity index (χ1) is 8.74. The molecule has 18 heavy (non-hydrogen) atoms. The molecule has 1 aliphatic rings. The third kappa shape index (κ3) is 2.03. The molecule has 0 fully saturated rings. The number of aryl methyl sites for hydroxylation is 1. The van der Waals surface area contributed by atoms with Crippen LogP contribution in [0.4, 0.5) is 11.4 Å². The number of nitrogen functional groups attached to an aromatic ring is 1. The minimum atomic E-state index is 0.771. The lowest BCUT2D eigenvalue weighted by atomic mass is 10.2. The summed E-state index contributed by atoms with van der Waals surface area (Å²) in [5, 5.41) is 4.10. The second-order valence-corrected chi connectivity index (χ2v) is 5.43. The van der Waals surface area contributed by atoms with Crippen LogP contribution >= 0.6 is 11.8 Å². The number of hydrogen-bond donors (Lipinski definition) is 1. The van der Waals surface area contributed by atoms with Crippen molar-refractivity contribution in [2.45, 2.75) is 11.4 Å².